The quantitative estimate of drug-likeness (QED) is 0.0905. The average Bonchev–Trinajstić information content (AvgIpc) is 4.15. The molecule has 2 N–H and O–H groups in total. The highest BCUT2D eigenvalue weighted by molar-refractivity contribution is 7.93. The zero-order valence-corrected chi connectivity index (χ0v) is 35.8. The number of carbonyl (C=O) groups excluding carboxylic acids is 4. The van der Waals surface area contributed by atoms with Gasteiger partial charge in [0.25, 0.3) is 0 Å². The Morgan fingerprint density at radius 3 is 1.56 bits per heavy atom. The molecule has 0 bridgehead atoms. The molecule has 0 unspecified atom stereocenters. The van der Waals surface area contributed by atoms with E-state index in [-0.39, 0.29) is 62.9 Å². The van der Waals surface area contributed by atoms with Gasteiger partial charge in [-0.3, -0.25) is 25.2 Å². The van der Waals surface area contributed by atoms with Gasteiger partial charge >= 0.3 is 12.1 Å². The minimum Gasteiger partial charge on any atom is -0.294 e. The Balaban J connectivity index is 1.25. The van der Waals surface area contributed by atoms with Gasteiger partial charge in [-0.1, -0.05) is 60.5 Å². The highest BCUT2D eigenvalue weighted by Crippen LogP contribution is 2.37. The largest absolute Gasteiger partial charge is 0.349 e. The van der Waals surface area contributed by atoms with Crippen LogP contribution in [0, 0.1) is 11.8 Å². The molecule has 0 aliphatic heterocycles. The second-order valence-electron chi connectivity index (χ2n) is 14.3. The summed E-state index contributed by atoms with van der Waals surface area (Å²) in [6.07, 6.45) is 14.3. The van der Waals surface area contributed by atoms with Crippen LogP contribution >= 0.6 is 22.7 Å². The molecule has 318 valence electrons. The normalized spacial score (nSPS) is 14.6. The third kappa shape index (κ3) is 8.58. The number of anilines is 4. The predicted octanol–water partition coefficient (Wildman–Crippen LogP) is 7.28. The second kappa shape index (κ2) is 17.9. The van der Waals surface area contributed by atoms with E-state index >= 15 is 0 Å². The highest BCUT2D eigenvalue weighted by Gasteiger charge is 2.39. The van der Waals surface area contributed by atoms with Crippen LogP contribution in [0.15, 0.2) is 116 Å². The summed E-state index contributed by atoms with van der Waals surface area (Å²) in [7, 11) is -8.32. The molecule has 0 radical (unpaired) electrons. The molecule has 0 atom stereocenters. The summed E-state index contributed by atoms with van der Waals surface area (Å²) >= 11 is 1.23. The van der Waals surface area contributed by atoms with Crippen molar-refractivity contribution in [3.8, 4) is 0 Å². The maximum atomic E-state index is 15.0. The highest BCUT2D eigenvalue weighted by atomic mass is 32.2. The van der Waals surface area contributed by atoms with Crippen molar-refractivity contribution in [3.05, 3.63) is 109 Å². The molecule has 6 aromatic rings. The first kappa shape index (κ1) is 42.3. The minimum atomic E-state index is -4.16. The summed E-state index contributed by atoms with van der Waals surface area (Å²) in [4.78, 5) is 83.4. The summed E-state index contributed by atoms with van der Waals surface area (Å²) < 4.78 is 53.2. The van der Waals surface area contributed by atoms with Gasteiger partial charge in [0.1, 0.15) is 8.42 Å². The molecule has 8 rings (SSSR count). The summed E-state index contributed by atoms with van der Waals surface area (Å²) in [5.41, 5.74) is -0.178. The SMILES string of the molecule is O=C(c1ccncc1N(C(=O)Nc1ncc(S(=O)(=O)c2ccccn2)s1)N(C(=O)Nc1ncc(S(=O)(=O)c2ccccn2)s1)c1ncccc1C(=O)C1CCCC1)C1CCCC1. The van der Waals surface area contributed by atoms with E-state index in [1.807, 2.05) is 0 Å². The molecule has 4 amide bonds. The Bertz CT molecular complexity index is 2670. The van der Waals surface area contributed by atoms with Crippen LogP contribution in [-0.4, -0.2) is 70.4 Å². The number of nitrogens with zero attached hydrogens (tertiary/aromatic N) is 8. The van der Waals surface area contributed by atoms with Gasteiger partial charge in [-0.25, -0.2) is 51.3 Å². The van der Waals surface area contributed by atoms with Gasteiger partial charge in [0.15, 0.2) is 37.7 Å². The lowest BCUT2D eigenvalue weighted by Gasteiger charge is -2.35. The molecule has 62 heavy (non-hydrogen) atoms. The zero-order chi connectivity index (χ0) is 43.4. The first-order valence-electron chi connectivity index (χ1n) is 19.4. The number of thiazole rings is 2. The molecule has 6 heterocycles. The van der Waals surface area contributed by atoms with Gasteiger partial charge in [-0.2, -0.15) is 10.0 Å². The lowest BCUT2D eigenvalue weighted by molar-refractivity contribution is 0.0915. The van der Waals surface area contributed by atoms with E-state index in [2.05, 4.69) is 40.5 Å². The number of hydrazine groups is 1. The summed E-state index contributed by atoms with van der Waals surface area (Å²) in [6, 6.07) is 10.9. The third-order valence-electron chi connectivity index (χ3n) is 10.3. The second-order valence-corrected chi connectivity index (χ2v) is 20.6. The predicted molar refractivity (Wildman–Crippen MR) is 228 cm³/mol. The summed E-state index contributed by atoms with van der Waals surface area (Å²) in [5, 5.41) is 5.76. The van der Waals surface area contributed by atoms with Crippen LogP contribution in [0.1, 0.15) is 72.1 Å². The molecular formula is C40H36N10O8S4. The molecule has 18 nitrogen and oxygen atoms in total. The average molecular weight is 913 g/mol. The number of aromatic nitrogens is 6. The number of amides is 4. The van der Waals surface area contributed by atoms with E-state index in [1.54, 1.807) is 12.1 Å². The Kier molecular flexibility index (Phi) is 12.2. The van der Waals surface area contributed by atoms with Crippen LogP contribution in [-0.2, 0) is 19.7 Å². The molecule has 2 aliphatic carbocycles. The maximum absolute atomic E-state index is 15.0. The van der Waals surface area contributed by atoms with Crippen LogP contribution in [0.4, 0.5) is 31.4 Å². The molecule has 2 aliphatic rings. The van der Waals surface area contributed by atoms with Crippen molar-refractivity contribution in [1.29, 1.82) is 0 Å². The maximum Gasteiger partial charge on any atom is 0.349 e. The Hall–Kier alpha value is -6.36. The van der Waals surface area contributed by atoms with E-state index in [0.717, 1.165) is 48.1 Å². The Morgan fingerprint density at radius 1 is 0.548 bits per heavy atom. The fraction of sp³-hybridized carbons (Fsp3) is 0.250. The van der Waals surface area contributed by atoms with Gasteiger partial charge in [0.2, 0.25) is 19.7 Å². The molecule has 0 saturated heterocycles. The number of carbonyl (C=O) groups is 4. The first-order valence-corrected chi connectivity index (χ1v) is 24.0. The third-order valence-corrected chi connectivity index (χ3v) is 16.4. The molecule has 2 saturated carbocycles. The van der Waals surface area contributed by atoms with Crippen molar-refractivity contribution in [2.24, 2.45) is 11.8 Å². The van der Waals surface area contributed by atoms with Crippen molar-refractivity contribution in [2.45, 2.75) is 69.8 Å². The van der Waals surface area contributed by atoms with Crippen LogP contribution < -0.4 is 20.7 Å². The first-order chi connectivity index (χ1) is 29.9. The molecule has 0 aromatic carbocycles. The number of ketones is 2. The summed E-state index contributed by atoms with van der Waals surface area (Å²) in [6.45, 7) is 0. The Morgan fingerprint density at radius 2 is 1.05 bits per heavy atom. The smallest absolute Gasteiger partial charge is 0.294 e. The van der Waals surface area contributed by atoms with E-state index < -0.39 is 43.6 Å². The fourth-order valence-corrected chi connectivity index (χ4v) is 12.0. The van der Waals surface area contributed by atoms with E-state index in [1.165, 1.54) is 73.4 Å². The van der Waals surface area contributed by atoms with Crippen LogP contribution in [0.2, 0.25) is 0 Å². The lowest BCUT2D eigenvalue weighted by Crippen LogP contribution is -2.55. The molecule has 6 aromatic heterocycles. The number of Topliss-reactive ketones (excluding diaryl/α,β-unsaturated/α-hetero) is 2. The molecule has 2 fully saturated rings. The van der Waals surface area contributed by atoms with Crippen LogP contribution in [0.5, 0.6) is 0 Å². The number of hydrogen-bond donors (Lipinski definition) is 2. The zero-order valence-electron chi connectivity index (χ0n) is 32.5. The number of rotatable bonds is 12. The lowest BCUT2D eigenvalue weighted by atomic mass is 9.95. The number of hydrogen-bond acceptors (Lipinski definition) is 16. The molecule has 0 spiro atoms. The van der Waals surface area contributed by atoms with E-state index in [9.17, 15) is 36.0 Å². The Labute approximate surface area is 363 Å². The van der Waals surface area contributed by atoms with Gasteiger partial charge in [0, 0.05) is 42.2 Å². The van der Waals surface area contributed by atoms with Crippen LogP contribution in [0.3, 0.4) is 0 Å². The molecule has 22 heteroatoms. The summed E-state index contributed by atoms with van der Waals surface area (Å²) in [5.74, 6) is -1.76. The van der Waals surface area contributed by atoms with Gasteiger partial charge in [-0.15, -0.1) is 0 Å². The van der Waals surface area contributed by atoms with Crippen molar-refractivity contribution < 1.29 is 36.0 Å². The van der Waals surface area contributed by atoms with Crippen molar-refractivity contribution in [3.63, 3.8) is 0 Å². The fourth-order valence-electron chi connectivity index (χ4n) is 7.32. The van der Waals surface area contributed by atoms with Crippen molar-refractivity contribution >= 4 is 87.7 Å². The van der Waals surface area contributed by atoms with Gasteiger partial charge in [-0.05, 0) is 68.1 Å². The molecular weight excluding hydrogens is 877 g/mol. The van der Waals surface area contributed by atoms with Gasteiger partial charge in [0.05, 0.1) is 29.8 Å². The number of sulfone groups is 2. The van der Waals surface area contributed by atoms with Gasteiger partial charge < -0.3 is 0 Å². The number of urea groups is 2. The van der Waals surface area contributed by atoms with Crippen LogP contribution in [0.25, 0.3) is 0 Å². The number of pyridine rings is 4. The van der Waals surface area contributed by atoms with E-state index in [4.69, 9.17) is 0 Å². The number of nitrogens with one attached hydrogen (secondary N) is 2. The van der Waals surface area contributed by atoms with E-state index in [0.29, 0.717) is 48.4 Å². The topological polar surface area (TPSA) is 244 Å². The standard InChI is InChI=1S/C40H36N10O8S4/c51-34(25-10-1-2-11-25)27-17-21-41-22-29(27)49(39(53)47-37-45-23-32(59-37)61(55,56)30-15-5-7-18-42-30)50(36-28(14-9-20-44-36)35(52)26-12-3-4-13-26)40(54)48-38-46-24-33(60-38)62(57,58)31-16-6-8-19-43-31/h5-9,14-26H,1-4,10-13H2,(H,45,47,53)(H,46,48,54). The van der Waals surface area contributed by atoms with Crippen molar-refractivity contribution in [1.82, 2.24) is 29.9 Å². The minimum absolute atomic E-state index is 0.0181. The van der Waals surface area contributed by atoms with Crippen molar-refractivity contribution in [2.75, 3.05) is 20.7 Å². The monoisotopic (exact) mass is 912 g/mol.